The number of hydrogen-bond acceptors (Lipinski definition) is 5. The van der Waals surface area contributed by atoms with Crippen LogP contribution in [0.4, 0.5) is 8.78 Å². The van der Waals surface area contributed by atoms with Crippen LogP contribution in [-0.2, 0) is 6.54 Å². The Balaban J connectivity index is 1.48. The number of hydrogen-bond donors (Lipinski definition) is 0. The minimum Gasteiger partial charge on any atom is -0.496 e. The third kappa shape index (κ3) is 4.04. The highest BCUT2D eigenvalue weighted by atomic mass is 19.1. The Labute approximate surface area is 161 Å². The molecule has 1 aliphatic rings. The van der Waals surface area contributed by atoms with Crippen LogP contribution in [0.3, 0.4) is 0 Å². The van der Waals surface area contributed by atoms with Gasteiger partial charge in [-0.2, -0.15) is 4.98 Å². The minimum absolute atomic E-state index is 0.0862. The van der Waals surface area contributed by atoms with E-state index in [2.05, 4.69) is 15.0 Å². The first-order valence-corrected chi connectivity index (χ1v) is 9.26. The highest BCUT2D eigenvalue weighted by Gasteiger charge is 2.27. The predicted octanol–water partition coefficient (Wildman–Crippen LogP) is 4.40. The van der Waals surface area contributed by atoms with Gasteiger partial charge >= 0.3 is 0 Å². The molecule has 1 aliphatic heterocycles. The van der Waals surface area contributed by atoms with E-state index in [1.807, 2.05) is 0 Å². The van der Waals surface area contributed by atoms with Crippen LogP contribution < -0.4 is 4.74 Å². The Morgan fingerprint density at radius 2 is 2.04 bits per heavy atom. The zero-order chi connectivity index (χ0) is 19.5. The fourth-order valence-corrected chi connectivity index (χ4v) is 3.66. The molecular weight excluding hydrogens is 364 g/mol. The zero-order valence-corrected chi connectivity index (χ0v) is 15.6. The lowest BCUT2D eigenvalue weighted by Gasteiger charge is -2.31. The van der Waals surface area contributed by atoms with Gasteiger partial charge in [0.15, 0.2) is 0 Å². The summed E-state index contributed by atoms with van der Waals surface area (Å²) in [5, 5.41) is 4.01. The van der Waals surface area contributed by atoms with Gasteiger partial charge in [0.1, 0.15) is 17.4 Å². The SMILES string of the molecule is COc1ccc(F)cc1CN1CCCC(c2nc(-c3cccc(F)c3)no2)C1. The van der Waals surface area contributed by atoms with E-state index in [1.165, 1.54) is 24.3 Å². The van der Waals surface area contributed by atoms with Gasteiger partial charge in [-0.1, -0.05) is 17.3 Å². The highest BCUT2D eigenvalue weighted by molar-refractivity contribution is 5.53. The average molecular weight is 385 g/mol. The maximum absolute atomic E-state index is 13.6. The molecule has 0 aliphatic carbocycles. The van der Waals surface area contributed by atoms with Crippen LogP contribution in [0.2, 0.25) is 0 Å². The number of likely N-dealkylation sites (tertiary alicyclic amines) is 1. The molecule has 0 bridgehead atoms. The van der Waals surface area contributed by atoms with E-state index in [9.17, 15) is 8.78 Å². The third-order valence-electron chi connectivity index (χ3n) is 5.02. The molecule has 3 aromatic rings. The standard InChI is InChI=1S/C21H21F2N3O2/c1-27-19-8-7-18(23)11-16(19)13-26-9-3-5-15(12-26)21-24-20(25-28-21)14-4-2-6-17(22)10-14/h2,4,6-8,10-11,15H,3,5,9,12-13H2,1H3. The van der Waals surface area contributed by atoms with Gasteiger partial charge in [0.25, 0.3) is 0 Å². The molecule has 4 rings (SSSR count). The highest BCUT2D eigenvalue weighted by Crippen LogP contribution is 2.30. The Kier molecular flexibility index (Phi) is 5.34. The van der Waals surface area contributed by atoms with E-state index in [4.69, 9.17) is 9.26 Å². The van der Waals surface area contributed by atoms with Crippen molar-refractivity contribution in [3.05, 3.63) is 65.6 Å². The number of benzene rings is 2. The normalized spacial score (nSPS) is 17.6. The smallest absolute Gasteiger partial charge is 0.231 e. The molecule has 1 fully saturated rings. The number of rotatable bonds is 5. The molecule has 0 N–H and O–H groups in total. The van der Waals surface area contributed by atoms with Crippen molar-refractivity contribution < 1.29 is 18.0 Å². The molecule has 0 amide bonds. The maximum Gasteiger partial charge on any atom is 0.231 e. The van der Waals surface area contributed by atoms with Gasteiger partial charge in [0.05, 0.1) is 13.0 Å². The zero-order valence-electron chi connectivity index (χ0n) is 15.6. The molecular formula is C21H21F2N3O2. The van der Waals surface area contributed by atoms with Gasteiger partial charge in [-0.25, -0.2) is 8.78 Å². The molecule has 28 heavy (non-hydrogen) atoms. The van der Waals surface area contributed by atoms with Crippen LogP contribution in [0.15, 0.2) is 47.0 Å². The van der Waals surface area contributed by atoms with E-state index in [-0.39, 0.29) is 17.6 Å². The van der Waals surface area contributed by atoms with Crippen molar-refractivity contribution >= 4 is 0 Å². The monoisotopic (exact) mass is 385 g/mol. The summed E-state index contributed by atoms with van der Waals surface area (Å²) in [6.07, 6.45) is 1.90. The Hall–Kier alpha value is -2.80. The van der Waals surface area contributed by atoms with Gasteiger partial charge in [-0.3, -0.25) is 4.90 Å². The first-order valence-electron chi connectivity index (χ1n) is 9.26. The van der Waals surface area contributed by atoms with Crippen LogP contribution in [0.5, 0.6) is 5.75 Å². The molecule has 1 aromatic heterocycles. The first-order chi connectivity index (χ1) is 13.6. The number of piperidine rings is 1. The Morgan fingerprint density at radius 3 is 2.86 bits per heavy atom. The Morgan fingerprint density at radius 1 is 1.18 bits per heavy atom. The van der Waals surface area contributed by atoms with Crippen molar-refractivity contribution in [2.45, 2.75) is 25.3 Å². The largest absolute Gasteiger partial charge is 0.496 e. The van der Waals surface area contributed by atoms with E-state index < -0.39 is 0 Å². The minimum atomic E-state index is -0.336. The molecule has 1 saturated heterocycles. The number of methoxy groups -OCH3 is 1. The van der Waals surface area contributed by atoms with Gasteiger partial charge in [0, 0.05) is 24.2 Å². The predicted molar refractivity (Wildman–Crippen MR) is 99.9 cm³/mol. The molecule has 7 heteroatoms. The second kappa shape index (κ2) is 8.06. The number of aromatic nitrogens is 2. The summed E-state index contributed by atoms with van der Waals surface area (Å²) in [6, 6.07) is 10.7. The van der Waals surface area contributed by atoms with E-state index >= 15 is 0 Å². The van der Waals surface area contributed by atoms with E-state index in [0.29, 0.717) is 29.6 Å². The third-order valence-corrected chi connectivity index (χ3v) is 5.02. The van der Waals surface area contributed by atoms with Gasteiger partial charge < -0.3 is 9.26 Å². The van der Waals surface area contributed by atoms with Gasteiger partial charge in [-0.15, -0.1) is 0 Å². The van der Waals surface area contributed by atoms with Crippen molar-refractivity contribution in [2.75, 3.05) is 20.2 Å². The second-order valence-corrected chi connectivity index (χ2v) is 7.00. The fraction of sp³-hybridized carbons (Fsp3) is 0.333. The van der Waals surface area contributed by atoms with Crippen molar-refractivity contribution in [1.82, 2.24) is 15.0 Å². The van der Waals surface area contributed by atoms with Crippen molar-refractivity contribution in [3.63, 3.8) is 0 Å². The maximum atomic E-state index is 13.6. The van der Waals surface area contributed by atoms with E-state index in [0.717, 1.165) is 31.5 Å². The first kappa shape index (κ1) is 18.6. The summed E-state index contributed by atoms with van der Waals surface area (Å²) in [4.78, 5) is 6.71. The summed E-state index contributed by atoms with van der Waals surface area (Å²) in [6.45, 7) is 2.22. The lowest BCUT2D eigenvalue weighted by molar-refractivity contribution is 0.178. The van der Waals surface area contributed by atoms with Gasteiger partial charge in [-0.05, 0) is 49.7 Å². The summed E-state index contributed by atoms with van der Waals surface area (Å²) in [7, 11) is 1.59. The van der Waals surface area contributed by atoms with Crippen LogP contribution in [0, 0.1) is 11.6 Å². The molecule has 1 unspecified atom stereocenters. The van der Waals surface area contributed by atoms with Crippen LogP contribution >= 0.6 is 0 Å². The summed E-state index contributed by atoms with van der Waals surface area (Å²) in [5.41, 5.74) is 1.40. The number of halogens is 2. The van der Waals surface area contributed by atoms with Crippen molar-refractivity contribution in [2.24, 2.45) is 0 Å². The Bertz CT molecular complexity index is 960. The van der Waals surface area contributed by atoms with Crippen molar-refractivity contribution in [1.29, 1.82) is 0 Å². The lowest BCUT2D eigenvalue weighted by atomic mass is 9.97. The summed E-state index contributed by atoms with van der Waals surface area (Å²) < 4.78 is 37.9. The fourth-order valence-electron chi connectivity index (χ4n) is 3.66. The van der Waals surface area contributed by atoms with E-state index in [1.54, 1.807) is 25.3 Å². The molecule has 2 heterocycles. The topological polar surface area (TPSA) is 51.4 Å². The molecule has 2 aromatic carbocycles. The van der Waals surface area contributed by atoms with Crippen LogP contribution in [-0.4, -0.2) is 35.2 Å². The summed E-state index contributed by atoms with van der Waals surface area (Å²) >= 11 is 0. The molecule has 1 atom stereocenters. The van der Waals surface area contributed by atoms with Gasteiger partial charge in [0.2, 0.25) is 11.7 Å². The second-order valence-electron chi connectivity index (χ2n) is 7.00. The molecule has 0 spiro atoms. The summed E-state index contributed by atoms with van der Waals surface area (Å²) in [5.74, 6) is 1.09. The number of nitrogens with zero attached hydrogens (tertiary/aromatic N) is 3. The van der Waals surface area contributed by atoms with Crippen LogP contribution in [0.25, 0.3) is 11.4 Å². The molecule has 0 radical (unpaired) electrons. The van der Waals surface area contributed by atoms with Crippen molar-refractivity contribution in [3.8, 4) is 17.1 Å². The number of ether oxygens (including phenoxy) is 1. The molecule has 5 nitrogen and oxygen atoms in total. The lowest BCUT2D eigenvalue weighted by Crippen LogP contribution is -2.34. The quantitative estimate of drug-likeness (QED) is 0.651. The average Bonchev–Trinajstić information content (AvgIpc) is 3.19. The molecule has 0 saturated carbocycles. The van der Waals surface area contributed by atoms with Crippen LogP contribution in [0.1, 0.15) is 30.2 Å². The molecule has 146 valence electrons.